The molecule has 0 radical (unpaired) electrons. The number of hydrogen-bond acceptors (Lipinski definition) is 2. The van der Waals surface area contributed by atoms with Gasteiger partial charge in [-0.25, -0.2) is 0 Å². The Morgan fingerprint density at radius 3 is 3.00 bits per heavy atom. The summed E-state index contributed by atoms with van der Waals surface area (Å²) in [7, 11) is 0. The van der Waals surface area contributed by atoms with Crippen LogP contribution in [0.5, 0.6) is 11.5 Å². The zero-order valence-corrected chi connectivity index (χ0v) is 9.49. The largest absolute Gasteiger partial charge is 0.483 e. The topological polar surface area (TPSA) is 18.5 Å². The molecule has 1 heterocycles. The molecule has 2 rings (SSSR count). The Hall–Kier alpha value is -1.88. The van der Waals surface area contributed by atoms with E-state index in [-0.39, 0.29) is 12.2 Å². The molecule has 0 spiro atoms. The molecular weight excluding hydrogens is 200 g/mol. The molecule has 0 saturated carbocycles. The molecule has 16 heavy (non-hydrogen) atoms. The molecule has 1 aromatic rings. The SMILES string of the molecule is C#CCOc1ccc2c(c1)OC(C)(C)C=C2. The van der Waals surface area contributed by atoms with Gasteiger partial charge in [0.25, 0.3) is 0 Å². The van der Waals surface area contributed by atoms with Gasteiger partial charge < -0.3 is 9.47 Å². The first kappa shape index (κ1) is 10.6. The number of hydrogen-bond donors (Lipinski definition) is 0. The van der Waals surface area contributed by atoms with Crippen LogP contribution in [0.4, 0.5) is 0 Å². The van der Waals surface area contributed by atoms with Crippen LogP contribution in [0.1, 0.15) is 19.4 Å². The molecule has 0 amide bonds. The minimum absolute atomic E-state index is 0.266. The van der Waals surface area contributed by atoms with E-state index in [0.29, 0.717) is 0 Å². The number of benzene rings is 1. The lowest BCUT2D eigenvalue weighted by Gasteiger charge is -2.27. The normalized spacial score (nSPS) is 15.8. The maximum absolute atomic E-state index is 5.82. The van der Waals surface area contributed by atoms with Crippen molar-refractivity contribution >= 4 is 6.08 Å². The number of ether oxygens (including phenoxy) is 2. The van der Waals surface area contributed by atoms with E-state index in [1.807, 2.05) is 38.1 Å². The van der Waals surface area contributed by atoms with Crippen LogP contribution >= 0.6 is 0 Å². The third-order valence-electron chi connectivity index (χ3n) is 2.34. The third kappa shape index (κ3) is 2.20. The number of rotatable bonds is 2. The van der Waals surface area contributed by atoms with Crippen molar-refractivity contribution in [2.24, 2.45) is 0 Å². The van der Waals surface area contributed by atoms with Crippen molar-refractivity contribution in [3.05, 3.63) is 29.8 Å². The van der Waals surface area contributed by atoms with Gasteiger partial charge in [0.1, 0.15) is 23.7 Å². The summed E-state index contributed by atoms with van der Waals surface area (Å²) >= 11 is 0. The first-order chi connectivity index (χ1) is 7.61. The molecule has 0 bridgehead atoms. The molecule has 0 atom stereocenters. The van der Waals surface area contributed by atoms with Crippen LogP contribution in [0, 0.1) is 12.3 Å². The molecule has 0 aromatic heterocycles. The van der Waals surface area contributed by atoms with E-state index in [0.717, 1.165) is 17.1 Å². The molecule has 1 aliphatic rings. The van der Waals surface area contributed by atoms with Crippen LogP contribution < -0.4 is 9.47 Å². The van der Waals surface area contributed by atoms with Crippen LogP contribution in [0.15, 0.2) is 24.3 Å². The maximum Gasteiger partial charge on any atom is 0.148 e. The van der Waals surface area contributed by atoms with Gasteiger partial charge in [-0.15, -0.1) is 6.42 Å². The van der Waals surface area contributed by atoms with E-state index in [2.05, 4.69) is 12.0 Å². The fraction of sp³-hybridized carbons (Fsp3) is 0.286. The molecule has 0 N–H and O–H groups in total. The van der Waals surface area contributed by atoms with Gasteiger partial charge in [-0.3, -0.25) is 0 Å². The minimum atomic E-state index is -0.266. The van der Waals surface area contributed by atoms with E-state index >= 15 is 0 Å². The highest BCUT2D eigenvalue weighted by molar-refractivity contribution is 5.62. The second-order valence-electron chi connectivity index (χ2n) is 4.23. The molecular formula is C14H14O2. The minimum Gasteiger partial charge on any atom is -0.483 e. The molecule has 0 fully saturated rings. The van der Waals surface area contributed by atoms with Gasteiger partial charge in [-0.1, -0.05) is 12.0 Å². The standard InChI is InChI=1S/C14H14O2/c1-4-9-15-12-6-5-11-7-8-14(2,3)16-13(11)10-12/h1,5-8,10H,9H2,2-3H3. The molecule has 0 aliphatic carbocycles. The third-order valence-corrected chi connectivity index (χ3v) is 2.34. The Labute approximate surface area is 95.9 Å². The smallest absolute Gasteiger partial charge is 0.148 e. The highest BCUT2D eigenvalue weighted by Gasteiger charge is 2.21. The van der Waals surface area contributed by atoms with Crippen LogP contribution in [0.3, 0.4) is 0 Å². The van der Waals surface area contributed by atoms with Gasteiger partial charge in [-0.05, 0) is 32.1 Å². The average Bonchev–Trinajstić information content (AvgIpc) is 2.24. The maximum atomic E-state index is 5.82. The Balaban J connectivity index is 2.26. The fourth-order valence-electron chi connectivity index (χ4n) is 1.56. The van der Waals surface area contributed by atoms with E-state index in [9.17, 15) is 0 Å². The van der Waals surface area contributed by atoms with Gasteiger partial charge in [0.2, 0.25) is 0 Å². The summed E-state index contributed by atoms with van der Waals surface area (Å²) in [5.41, 5.74) is 0.796. The Morgan fingerprint density at radius 1 is 1.44 bits per heavy atom. The van der Waals surface area contributed by atoms with Crippen molar-refractivity contribution in [1.82, 2.24) is 0 Å². The molecule has 1 aliphatic heterocycles. The summed E-state index contributed by atoms with van der Waals surface area (Å²) < 4.78 is 11.2. The van der Waals surface area contributed by atoms with Gasteiger partial charge >= 0.3 is 0 Å². The van der Waals surface area contributed by atoms with Gasteiger partial charge in [0.15, 0.2) is 0 Å². The number of terminal acetylenes is 1. The number of fused-ring (bicyclic) bond motifs is 1. The van der Waals surface area contributed by atoms with Crippen molar-refractivity contribution in [3.63, 3.8) is 0 Å². The zero-order chi connectivity index (χ0) is 11.6. The van der Waals surface area contributed by atoms with E-state index in [4.69, 9.17) is 15.9 Å². The highest BCUT2D eigenvalue weighted by Crippen LogP contribution is 2.33. The van der Waals surface area contributed by atoms with Crippen LogP contribution in [-0.2, 0) is 0 Å². The van der Waals surface area contributed by atoms with Gasteiger partial charge in [0.05, 0.1) is 0 Å². The average molecular weight is 214 g/mol. The van der Waals surface area contributed by atoms with Crippen LogP contribution in [0.2, 0.25) is 0 Å². The lowest BCUT2D eigenvalue weighted by Crippen LogP contribution is -2.27. The zero-order valence-electron chi connectivity index (χ0n) is 9.49. The monoisotopic (exact) mass is 214 g/mol. The van der Waals surface area contributed by atoms with Crippen molar-refractivity contribution < 1.29 is 9.47 Å². The predicted molar refractivity (Wildman–Crippen MR) is 64.5 cm³/mol. The molecule has 0 saturated heterocycles. The summed E-state index contributed by atoms with van der Waals surface area (Å²) in [6, 6.07) is 5.73. The molecule has 2 heteroatoms. The first-order valence-electron chi connectivity index (χ1n) is 5.19. The lowest BCUT2D eigenvalue weighted by molar-refractivity contribution is 0.158. The summed E-state index contributed by atoms with van der Waals surface area (Å²) in [6.45, 7) is 4.31. The highest BCUT2D eigenvalue weighted by atomic mass is 16.5. The van der Waals surface area contributed by atoms with Crippen molar-refractivity contribution in [3.8, 4) is 23.8 Å². The first-order valence-corrected chi connectivity index (χ1v) is 5.19. The van der Waals surface area contributed by atoms with Crippen molar-refractivity contribution in [2.75, 3.05) is 6.61 Å². The quantitative estimate of drug-likeness (QED) is 0.705. The van der Waals surface area contributed by atoms with E-state index < -0.39 is 0 Å². The second-order valence-corrected chi connectivity index (χ2v) is 4.23. The van der Waals surface area contributed by atoms with Gasteiger partial charge in [0, 0.05) is 11.6 Å². The lowest BCUT2D eigenvalue weighted by atomic mass is 10.0. The van der Waals surface area contributed by atoms with Crippen molar-refractivity contribution in [1.29, 1.82) is 0 Å². The van der Waals surface area contributed by atoms with Gasteiger partial charge in [-0.2, -0.15) is 0 Å². The molecule has 0 unspecified atom stereocenters. The molecule has 2 nitrogen and oxygen atoms in total. The fourth-order valence-corrected chi connectivity index (χ4v) is 1.56. The summed E-state index contributed by atoms with van der Waals surface area (Å²) in [4.78, 5) is 0. The van der Waals surface area contributed by atoms with Crippen molar-refractivity contribution in [2.45, 2.75) is 19.4 Å². The molecule has 82 valence electrons. The predicted octanol–water partition coefficient (Wildman–Crippen LogP) is 2.88. The Kier molecular flexibility index (Phi) is 2.62. The van der Waals surface area contributed by atoms with Crippen LogP contribution in [-0.4, -0.2) is 12.2 Å². The summed E-state index contributed by atoms with van der Waals surface area (Å²) in [5, 5.41) is 0. The van der Waals surface area contributed by atoms with E-state index in [1.54, 1.807) is 0 Å². The van der Waals surface area contributed by atoms with Crippen LogP contribution in [0.25, 0.3) is 6.08 Å². The second kappa shape index (κ2) is 3.94. The summed E-state index contributed by atoms with van der Waals surface area (Å²) in [6.07, 6.45) is 9.24. The molecule has 1 aromatic carbocycles. The Morgan fingerprint density at radius 2 is 2.25 bits per heavy atom. The summed E-state index contributed by atoms with van der Waals surface area (Å²) in [5.74, 6) is 4.01. The van der Waals surface area contributed by atoms with E-state index in [1.165, 1.54) is 0 Å². The Bertz CT molecular complexity index is 464.